The first-order valence-corrected chi connectivity index (χ1v) is 8.62. The maximum Gasteiger partial charge on any atom is 0.254 e. The molecule has 0 spiro atoms. The van der Waals surface area contributed by atoms with Crippen LogP contribution in [0, 0.1) is 17.2 Å². The molecule has 5 nitrogen and oxygen atoms in total. The zero-order chi connectivity index (χ0) is 16.9. The normalized spacial score (nSPS) is 27.0. The van der Waals surface area contributed by atoms with Crippen molar-refractivity contribution in [2.75, 3.05) is 26.9 Å². The molecule has 1 aromatic rings. The number of morpholine rings is 1. The number of ether oxygens (including phenoxy) is 2. The molecule has 2 aliphatic rings. The first-order chi connectivity index (χ1) is 11.7. The number of methoxy groups -OCH3 is 1. The molecule has 3 atom stereocenters. The fourth-order valence-corrected chi connectivity index (χ4v) is 3.99. The number of amides is 1. The van der Waals surface area contributed by atoms with Crippen LogP contribution < -0.4 is 0 Å². The summed E-state index contributed by atoms with van der Waals surface area (Å²) in [6, 6.07) is 9.60. The maximum absolute atomic E-state index is 13.1. The Morgan fingerprint density at radius 2 is 2.33 bits per heavy atom. The second-order valence-electron chi connectivity index (χ2n) is 6.54. The van der Waals surface area contributed by atoms with Gasteiger partial charge in [0, 0.05) is 25.1 Å². The van der Waals surface area contributed by atoms with Crippen molar-refractivity contribution in [3.8, 4) is 6.07 Å². The molecule has 3 rings (SSSR count). The van der Waals surface area contributed by atoms with E-state index < -0.39 is 0 Å². The molecule has 24 heavy (non-hydrogen) atoms. The van der Waals surface area contributed by atoms with Crippen LogP contribution in [0.2, 0.25) is 0 Å². The number of rotatable bonds is 4. The van der Waals surface area contributed by atoms with Gasteiger partial charge in [-0.25, -0.2) is 0 Å². The SMILES string of the molecule is CO[C@@H]1CCC[C@@H]1[C@H]1COCCN1C(=O)c1cccc(CC#N)c1. The average Bonchev–Trinajstić information content (AvgIpc) is 3.10. The molecule has 1 heterocycles. The largest absolute Gasteiger partial charge is 0.381 e. The third-order valence-corrected chi connectivity index (χ3v) is 5.18. The number of carbonyl (C=O) groups excluding carboxylic acids is 1. The van der Waals surface area contributed by atoms with Crippen molar-refractivity contribution in [1.82, 2.24) is 4.90 Å². The summed E-state index contributed by atoms with van der Waals surface area (Å²) in [6.07, 6.45) is 3.79. The summed E-state index contributed by atoms with van der Waals surface area (Å²) in [4.78, 5) is 15.0. The van der Waals surface area contributed by atoms with E-state index >= 15 is 0 Å². The molecule has 0 aromatic heterocycles. The van der Waals surface area contributed by atoms with Gasteiger partial charge in [0.25, 0.3) is 5.91 Å². The van der Waals surface area contributed by atoms with E-state index in [9.17, 15) is 4.79 Å². The Bertz CT molecular complexity index is 625. The summed E-state index contributed by atoms with van der Waals surface area (Å²) < 4.78 is 11.3. The standard InChI is InChI=1S/C19H24N2O3/c1-23-18-7-3-6-16(18)17-13-24-11-10-21(17)19(22)15-5-2-4-14(12-15)8-9-20/h2,4-5,12,16-18H,3,6-8,10-11,13H2,1H3/t16-,17-,18-/m1/s1. The van der Waals surface area contributed by atoms with E-state index in [2.05, 4.69) is 6.07 Å². The second-order valence-corrected chi connectivity index (χ2v) is 6.54. The Morgan fingerprint density at radius 3 is 3.12 bits per heavy atom. The highest BCUT2D eigenvalue weighted by Crippen LogP contribution is 2.34. The zero-order valence-electron chi connectivity index (χ0n) is 14.1. The lowest BCUT2D eigenvalue weighted by molar-refractivity contribution is -0.0460. The van der Waals surface area contributed by atoms with E-state index in [4.69, 9.17) is 14.7 Å². The summed E-state index contributed by atoms with van der Waals surface area (Å²) in [6.45, 7) is 1.76. The molecule has 2 fully saturated rings. The van der Waals surface area contributed by atoms with Crippen LogP contribution in [0.4, 0.5) is 0 Å². The van der Waals surface area contributed by atoms with Gasteiger partial charge in [-0.3, -0.25) is 4.79 Å². The number of nitrogens with zero attached hydrogens (tertiary/aromatic N) is 2. The molecule has 1 saturated carbocycles. The van der Waals surface area contributed by atoms with Gasteiger partial charge in [-0.1, -0.05) is 18.6 Å². The minimum atomic E-state index is 0.0323. The van der Waals surface area contributed by atoms with Crippen molar-refractivity contribution < 1.29 is 14.3 Å². The molecule has 5 heteroatoms. The summed E-state index contributed by atoms with van der Waals surface area (Å²) in [5, 5.41) is 8.86. The summed E-state index contributed by atoms with van der Waals surface area (Å²) >= 11 is 0. The van der Waals surface area contributed by atoms with Gasteiger partial charge in [-0.15, -0.1) is 0 Å². The van der Waals surface area contributed by atoms with E-state index in [0.29, 0.717) is 37.7 Å². The fourth-order valence-electron chi connectivity index (χ4n) is 3.99. The van der Waals surface area contributed by atoms with Crippen LogP contribution in [-0.2, 0) is 15.9 Å². The monoisotopic (exact) mass is 328 g/mol. The number of hydrogen-bond acceptors (Lipinski definition) is 4. The Balaban J connectivity index is 1.81. The zero-order valence-corrected chi connectivity index (χ0v) is 14.1. The van der Waals surface area contributed by atoms with Gasteiger partial charge in [0.2, 0.25) is 0 Å². The molecule has 1 aliphatic heterocycles. The molecule has 0 radical (unpaired) electrons. The molecule has 1 amide bonds. The number of hydrogen-bond donors (Lipinski definition) is 0. The number of nitriles is 1. The highest BCUT2D eigenvalue weighted by molar-refractivity contribution is 5.94. The van der Waals surface area contributed by atoms with Gasteiger partial charge in [0.05, 0.1) is 37.8 Å². The summed E-state index contributed by atoms with van der Waals surface area (Å²) in [5.74, 6) is 0.367. The van der Waals surface area contributed by atoms with Crippen LogP contribution in [0.3, 0.4) is 0 Å². The Morgan fingerprint density at radius 1 is 1.46 bits per heavy atom. The van der Waals surface area contributed by atoms with Gasteiger partial charge in [-0.05, 0) is 30.5 Å². The van der Waals surface area contributed by atoms with Crippen molar-refractivity contribution in [2.45, 2.75) is 37.8 Å². The first-order valence-electron chi connectivity index (χ1n) is 8.62. The van der Waals surface area contributed by atoms with Crippen LogP contribution in [-0.4, -0.2) is 49.8 Å². The number of carbonyl (C=O) groups is 1. The predicted molar refractivity (Wildman–Crippen MR) is 89.5 cm³/mol. The van der Waals surface area contributed by atoms with Crippen LogP contribution in [0.1, 0.15) is 35.2 Å². The van der Waals surface area contributed by atoms with E-state index in [0.717, 1.165) is 24.8 Å². The second kappa shape index (κ2) is 7.78. The lowest BCUT2D eigenvalue weighted by atomic mass is 9.93. The first kappa shape index (κ1) is 16.9. The molecule has 128 valence electrons. The summed E-state index contributed by atoms with van der Waals surface area (Å²) in [5.41, 5.74) is 1.53. The minimum Gasteiger partial charge on any atom is -0.381 e. The van der Waals surface area contributed by atoms with Crippen molar-refractivity contribution in [2.24, 2.45) is 5.92 Å². The number of benzene rings is 1. The van der Waals surface area contributed by atoms with E-state index in [1.807, 2.05) is 29.2 Å². The highest BCUT2D eigenvalue weighted by Gasteiger charge is 2.40. The van der Waals surface area contributed by atoms with Crippen LogP contribution in [0.5, 0.6) is 0 Å². The van der Waals surface area contributed by atoms with Crippen LogP contribution in [0.15, 0.2) is 24.3 Å². The maximum atomic E-state index is 13.1. The van der Waals surface area contributed by atoms with E-state index in [1.165, 1.54) is 0 Å². The van der Waals surface area contributed by atoms with Crippen molar-refractivity contribution >= 4 is 5.91 Å². The quantitative estimate of drug-likeness (QED) is 0.851. The third kappa shape index (κ3) is 3.45. The van der Waals surface area contributed by atoms with Gasteiger partial charge >= 0.3 is 0 Å². The molecule has 1 saturated heterocycles. The van der Waals surface area contributed by atoms with Crippen LogP contribution in [0.25, 0.3) is 0 Å². The van der Waals surface area contributed by atoms with Crippen molar-refractivity contribution in [3.05, 3.63) is 35.4 Å². The Kier molecular flexibility index (Phi) is 5.49. The lowest BCUT2D eigenvalue weighted by Gasteiger charge is -2.40. The molecular formula is C19H24N2O3. The molecule has 1 aromatic carbocycles. The smallest absolute Gasteiger partial charge is 0.254 e. The topological polar surface area (TPSA) is 62.6 Å². The van der Waals surface area contributed by atoms with Gasteiger partial charge in [0.15, 0.2) is 0 Å². The summed E-state index contributed by atoms with van der Waals surface area (Å²) in [7, 11) is 1.75. The van der Waals surface area contributed by atoms with Crippen LogP contribution >= 0.6 is 0 Å². The van der Waals surface area contributed by atoms with Gasteiger partial charge in [-0.2, -0.15) is 5.26 Å². The molecule has 0 unspecified atom stereocenters. The van der Waals surface area contributed by atoms with Gasteiger partial charge < -0.3 is 14.4 Å². The van der Waals surface area contributed by atoms with Crippen molar-refractivity contribution in [3.63, 3.8) is 0 Å². The molecular weight excluding hydrogens is 304 g/mol. The molecule has 0 N–H and O–H groups in total. The van der Waals surface area contributed by atoms with E-state index in [1.54, 1.807) is 7.11 Å². The minimum absolute atomic E-state index is 0.0323. The third-order valence-electron chi connectivity index (χ3n) is 5.18. The van der Waals surface area contributed by atoms with Gasteiger partial charge in [0.1, 0.15) is 0 Å². The fraction of sp³-hybridized carbons (Fsp3) is 0.579. The highest BCUT2D eigenvalue weighted by atomic mass is 16.5. The molecule has 1 aliphatic carbocycles. The van der Waals surface area contributed by atoms with Crippen molar-refractivity contribution in [1.29, 1.82) is 5.26 Å². The Hall–Kier alpha value is -1.90. The lowest BCUT2D eigenvalue weighted by Crippen LogP contribution is -2.53. The Labute approximate surface area is 143 Å². The predicted octanol–water partition coefficient (Wildman–Crippen LogP) is 2.41. The molecule has 0 bridgehead atoms. The average molecular weight is 328 g/mol. The van der Waals surface area contributed by atoms with E-state index in [-0.39, 0.29) is 18.1 Å².